The Balaban J connectivity index is 1.65. The molecule has 0 aliphatic heterocycles. The first-order valence-electron chi connectivity index (χ1n) is 12.5. The summed E-state index contributed by atoms with van der Waals surface area (Å²) >= 11 is 0. The van der Waals surface area contributed by atoms with E-state index in [0.717, 1.165) is 22.6 Å². The van der Waals surface area contributed by atoms with E-state index in [1.165, 1.54) is 48.7 Å². The van der Waals surface area contributed by atoms with Gasteiger partial charge >= 0.3 is 0 Å². The van der Waals surface area contributed by atoms with Gasteiger partial charge in [-0.1, -0.05) is 42.5 Å². The number of carbonyl (C=O) groups is 3. The van der Waals surface area contributed by atoms with E-state index in [9.17, 15) is 23.2 Å². The average molecular weight is 544 g/mol. The molecule has 40 heavy (non-hydrogen) atoms. The quantitative estimate of drug-likeness (QED) is 0.260. The lowest BCUT2D eigenvalue weighted by Gasteiger charge is -2.31. The number of hydrogen-bond donors (Lipinski definition) is 2. The summed E-state index contributed by atoms with van der Waals surface area (Å²) in [5, 5.41) is 5.39. The van der Waals surface area contributed by atoms with Gasteiger partial charge in [0.15, 0.2) is 0 Å². The van der Waals surface area contributed by atoms with Crippen LogP contribution in [0.1, 0.15) is 28.5 Å². The first-order valence-corrected chi connectivity index (χ1v) is 12.5. The van der Waals surface area contributed by atoms with Crippen LogP contribution >= 0.6 is 0 Å². The molecule has 3 aromatic carbocycles. The second kappa shape index (κ2) is 13.1. The van der Waals surface area contributed by atoms with E-state index in [-0.39, 0.29) is 18.7 Å². The number of nitrogens with zero attached hydrogens (tertiary/aromatic N) is 1. The summed E-state index contributed by atoms with van der Waals surface area (Å²) in [4.78, 5) is 40.7. The van der Waals surface area contributed by atoms with E-state index in [2.05, 4.69) is 10.6 Å². The minimum Gasteiger partial charge on any atom is -0.467 e. The Bertz CT molecular complexity index is 1500. The van der Waals surface area contributed by atoms with E-state index < -0.39 is 35.4 Å². The molecular formula is C31H27F2N3O4. The van der Waals surface area contributed by atoms with Crippen molar-refractivity contribution < 1.29 is 27.6 Å². The number of amides is 3. The summed E-state index contributed by atoms with van der Waals surface area (Å²) in [6.45, 7) is 1.60. The van der Waals surface area contributed by atoms with Crippen molar-refractivity contribution >= 4 is 23.4 Å². The normalized spacial score (nSPS) is 11.7. The number of hydrogen-bond acceptors (Lipinski definition) is 4. The van der Waals surface area contributed by atoms with E-state index >= 15 is 0 Å². The molecule has 1 atom stereocenters. The van der Waals surface area contributed by atoms with Crippen molar-refractivity contribution in [3.63, 3.8) is 0 Å². The number of benzene rings is 3. The van der Waals surface area contributed by atoms with Crippen LogP contribution in [0.25, 0.3) is 0 Å². The van der Waals surface area contributed by atoms with Crippen LogP contribution < -0.4 is 10.6 Å². The summed E-state index contributed by atoms with van der Waals surface area (Å²) in [5.41, 5.74) is 1.93. The maximum Gasteiger partial charge on any atom is 0.248 e. The number of rotatable bonds is 10. The van der Waals surface area contributed by atoms with Crippen molar-refractivity contribution in [2.75, 3.05) is 5.32 Å². The highest BCUT2D eigenvalue weighted by atomic mass is 19.1. The van der Waals surface area contributed by atoms with Crippen LogP contribution in [0.15, 0.2) is 108 Å². The zero-order valence-corrected chi connectivity index (χ0v) is 21.6. The topological polar surface area (TPSA) is 91.7 Å². The van der Waals surface area contributed by atoms with Crippen LogP contribution in [0.2, 0.25) is 0 Å². The molecule has 3 amide bonds. The Hall–Kier alpha value is -5.05. The minimum absolute atomic E-state index is 0.0278. The number of anilines is 1. The molecule has 204 valence electrons. The Morgan fingerprint density at radius 2 is 1.70 bits per heavy atom. The Morgan fingerprint density at radius 1 is 0.925 bits per heavy atom. The van der Waals surface area contributed by atoms with Crippen molar-refractivity contribution in [2.45, 2.75) is 26.1 Å². The van der Waals surface area contributed by atoms with Crippen molar-refractivity contribution in [3.8, 4) is 0 Å². The lowest BCUT2D eigenvalue weighted by Crippen LogP contribution is -2.43. The molecule has 1 aromatic heterocycles. The van der Waals surface area contributed by atoms with E-state index in [0.29, 0.717) is 17.0 Å². The summed E-state index contributed by atoms with van der Waals surface area (Å²) < 4.78 is 33.7. The van der Waals surface area contributed by atoms with Gasteiger partial charge in [-0.3, -0.25) is 14.4 Å². The molecule has 0 aliphatic rings. The third-order valence-corrected chi connectivity index (χ3v) is 6.01. The molecule has 4 rings (SSSR count). The standard InChI is InChI=1S/C31H27F2N3O4/c1-21-6-4-8-25(18-21)35-28(37)15-16-29(38)36(20-23-7-2-3-10-27(23)33)30(22-11-13-24(32)14-12-22)31(39)34-19-26-9-5-17-40-26/h2-18,30H,19-20H2,1H3,(H,34,39)(H,35,37)/b16-15-. The molecule has 4 aromatic rings. The molecule has 0 bridgehead atoms. The Kier molecular flexibility index (Phi) is 9.19. The number of aryl methyl sites for hydroxylation is 1. The minimum atomic E-state index is -1.29. The van der Waals surface area contributed by atoms with Crippen molar-refractivity contribution in [2.24, 2.45) is 0 Å². The molecular weight excluding hydrogens is 516 g/mol. The van der Waals surface area contributed by atoms with Crippen LogP contribution in [0.4, 0.5) is 14.5 Å². The number of nitrogens with one attached hydrogen (secondary N) is 2. The predicted octanol–water partition coefficient (Wildman–Crippen LogP) is 5.45. The van der Waals surface area contributed by atoms with Crippen LogP contribution in [0.3, 0.4) is 0 Å². The molecule has 0 radical (unpaired) electrons. The van der Waals surface area contributed by atoms with E-state index in [1.807, 2.05) is 13.0 Å². The molecule has 9 heteroatoms. The van der Waals surface area contributed by atoms with Gasteiger partial charge in [0.05, 0.1) is 19.4 Å². The number of carbonyl (C=O) groups excluding carboxylic acids is 3. The number of furan rings is 1. The maximum atomic E-state index is 14.7. The SMILES string of the molecule is Cc1cccc(NC(=O)/C=C\C(=O)N(Cc2ccccc2F)C(C(=O)NCc2ccco2)c2ccc(F)cc2)c1. The van der Waals surface area contributed by atoms with Crippen molar-refractivity contribution in [1.29, 1.82) is 0 Å². The largest absolute Gasteiger partial charge is 0.467 e. The van der Waals surface area contributed by atoms with Gasteiger partial charge in [0.2, 0.25) is 17.7 Å². The molecule has 1 unspecified atom stereocenters. The number of halogens is 2. The van der Waals surface area contributed by atoms with Crippen LogP contribution in [-0.2, 0) is 27.5 Å². The fourth-order valence-corrected chi connectivity index (χ4v) is 4.06. The molecule has 0 saturated carbocycles. The second-order valence-corrected chi connectivity index (χ2v) is 9.00. The Labute approximate surface area is 230 Å². The summed E-state index contributed by atoms with van der Waals surface area (Å²) in [6, 6.07) is 20.1. The smallest absolute Gasteiger partial charge is 0.248 e. The Morgan fingerprint density at radius 3 is 2.40 bits per heavy atom. The molecule has 0 fully saturated rings. The third kappa shape index (κ3) is 7.50. The van der Waals surface area contributed by atoms with Gasteiger partial charge in [-0.2, -0.15) is 0 Å². The molecule has 0 aliphatic carbocycles. The van der Waals surface area contributed by atoms with Crippen LogP contribution in [-0.4, -0.2) is 22.6 Å². The fraction of sp³-hybridized carbons (Fsp3) is 0.129. The van der Waals surface area contributed by atoms with Crippen molar-refractivity contribution in [1.82, 2.24) is 10.2 Å². The lowest BCUT2D eigenvalue weighted by atomic mass is 10.0. The maximum absolute atomic E-state index is 14.7. The first-order chi connectivity index (χ1) is 19.3. The highest BCUT2D eigenvalue weighted by Gasteiger charge is 2.31. The molecule has 0 saturated heterocycles. The zero-order chi connectivity index (χ0) is 28.5. The summed E-state index contributed by atoms with van der Waals surface area (Å²) in [7, 11) is 0. The van der Waals surface area contributed by atoms with Gasteiger partial charge in [-0.05, 0) is 60.5 Å². The van der Waals surface area contributed by atoms with E-state index in [1.54, 1.807) is 36.4 Å². The predicted molar refractivity (Wildman–Crippen MR) is 146 cm³/mol. The van der Waals surface area contributed by atoms with Gasteiger partial charge in [0.25, 0.3) is 0 Å². The van der Waals surface area contributed by atoms with Gasteiger partial charge in [0.1, 0.15) is 23.4 Å². The van der Waals surface area contributed by atoms with Gasteiger partial charge in [0, 0.05) is 23.4 Å². The molecule has 1 heterocycles. The monoisotopic (exact) mass is 543 g/mol. The molecule has 7 nitrogen and oxygen atoms in total. The van der Waals surface area contributed by atoms with Gasteiger partial charge < -0.3 is 20.0 Å². The highest BCUT2D eigenvalue weighted by molar-refractivity contribution is 6.04. The molecule has 2 N–H and O–H groups in total. The highest BCUT2D eigenvalue weighted by Crippen LogP contribution is 2.26. The average Bonchev–Trinajstić information content (AvgIpc) is 3.46. The fourth-order valence-electron chi connectivity index (χ4n) is 4.06. The van der Waals surface area contributed by atoms with Crippen molar-refractivity contribution in [3.05, 3.63) is 137 Å². The van der Waals surface area contributed by atoms with Gasteiger partial charge in [-0.25, -0.2) is 8.78 Å². The van der Waals surface area contributed by atoms with E-state index in [4.69, 9.17) is 4.42 Å². The third-order valence-electron chi connectivity index (χ3n) is 6.01. The summed E-state index contributed by atoms with van der Waals surface area (Å²) in [6.07, 6.45) is 3.52. The lowest BCUT2D eigenvalue weighted by molar-refractivity contribution is -0.138. The van der Waals surface area contributed by atoms with Crippen LogP contribution in [0, 0.1) is 18.6 Å². The summed E-state index contributed by atoms with van der Waals surface area (Å²) in [5.74, 6) is -2.53. The molecule has 0 spiro atoms. The second-order valence-electron chi connectivity index (χ2n) is 9.00. The van der Waals surface area contributed by atoms with Gasteiger partial charge in [-0.15, -0.1) is 0 Å². The van der Waals surface area contributed by atoms with Crippen LogP contribution in [0.5, 0.6) is 0 Å². The zero-order valence-electron chi connectivity index (χ0n) is 21.6. The first kappa shape index (κ1) is 28.0.